The minimum Gasteiger partial charge on any atom is -0.490 e. The Hall–Kier alpha value is -3.49. The van der Waals surface area contributed by atoms with Gasteiger partial charge in [0.15, 0.2) is 5.75 Å². The fourth-order valence-electron chi connectivity index (χ4n) is 2.13. The highest BCUT2D eigenvalue weighted by molar-refractivity contribution is 5.93. The van der Waals surface area contributed by atoms with Crippen molar-refractivity contribution in [2.75, 3.05) is 12.4 Å². The Morgan fingerprint density at radius 3 is 2.38 bits per heavy atom. The zero-order valence-corrected chi connectivity index (χ0v) is 12.6. The summed E-state index contributed by atoms with van der Waals surface area (Å²) in [7, 11) is 1.30. The lowest BCUT2D eigenvalue weighted by Crippen LogP contribution is -2.15. The van der Waals surface area contributed by atoms with Gasteiger partial charge >= 0.3 is 5.69 Å². The third-order valence-electron chi connectivity index (χ3n) is 3.20. The Kier molecular flexibility index (Phi) is 5.05. The van der Waals surface area contributed by atoms with Crippen LogP contribution in [0.3, 0.4) is 0 Å². The van der Waals surface area contributed by atoms with Crippen LogP contribution in [0.15, 0.2) is 42.5 Å². The van der Waals surface area contributed by atoms with Gasteiger partial charge in [-0.15, -0.1) is 0 Å². The molecule has 2 aromatic rings. The lowest BCUT2D eigenvalue weighted by molar-refractivity contribution is -0.385. The molecule has 9 heteroatoms. The number of amides is 1. The molecular weight excluding hydrogens is 318 g/mol. The normalized spacial score (nSPS) is 10.0. The number of anilines is 1. The first-order valence-corrected chi connectivity index (χ1v) is 6.77. The minimum absolute atomic E-state index is 0.0664. The molecule has 0 aromatic heterocycles. The maximum absolute atomic E-state index is 12.1. The summed E-state index contributed by atoms with van der Waals surface area (Å²) in [6.45, 7) is 0. The first kappa shape index (κ1) is 16.9. The molecule has 1 N–H and O–H groups in total. The monoisotopic (exact) mass is 331 g/mol. The largest absolute Gasteiger partial charge is 0.490 e. The van der Waals surface area contributed by atoms with Gasteiger partial charge in [-0.2, -0.15) is 0 Å². The Labute approximate surface area is 136 Å². The van der Waals surface area contributed by atoms with Gasteiger partial charge in [0.1, 0.15) is 0 Å². The number of carbonyl (C=O) groups is 1. The molecule has 0 bridgehead atoms. The van der Waals surface area contributed by atoms with E-state index < -0.39 is 15.8 Å². The Balaban J connectivity index is 2.18. The molecule has 0 aliphatic carbocycles. The van der Waals surface area contributed by atoms with E-state index >= 15 is 0 Å². The molecule has 24 heavy (non-hydrogen) atoms. The highest BCUT2D eigenvalue weighted by Crippen LogP contribution is 2.29. The van der Waals surface area contributed by atoms with E-state index in [-0.39, 0.29) is 34.8 Å². The van der Waals surface area contributed by atoms with Crippen molar-refractivity contribution in [2.45, 2.75) is 6.42 Å². The number of ether oxygens (including phenoxy) is 1. The Morgan fingerprint density at radius 2 is 1.75 bits per heavy atom. The number of rotatable bonds is 6. The Morgan fingerprint density at radius 1 is 1.08 bits per heavy atom. The molecule has 0 spiro atoms. The van der Waals surface area contributed by atoms with E-state index in [0.717, 1.165) is 6.07 Å². The summed E-state index contributed by atoms with van der Waals surface area (Å²) in [5.41, 5.74) is 0.00319. The van der Waals surface area contributed by atoms with Crippen molar-refractivity contribution in [3.05, 3.63) is 68.3 Å². The number of benzene rings is 2. The molecule has 0 heterocycles. The van der Waals surface area contributed by atoms with Crippen LogP contribution in [-0.4, -0.2) is 22.9 Å². The molecule has 0 saturated heterocycles. The molecule has 124 valence electrons. The van der Waals surface area contributed by atoms with E-state index in [1.54, 1.807) is 6.07 Å². The predicted molar refractivity (Wildman–Crippen MR) is 85.1 cm³/mol. The summed E-state index contributed by atoms with van der Waals surface area (Å²) < 4.78 is 4.88. The van der Waals surface area contributed by atoms with Crippen molar-refractivity contribution < 1.29 is 19.4 Å². The van der Waals surface area contributed by atoms with Gasteiger partial charge in [-0.3, -0.25) is 25.0 Å². The zero-order chi connectivity index (χ0) is 17.7. The molecule has 2 rings (SSSR count). The average Bonchev–Trinajstić information content (AvgIpc) is 2.54. The average molecular weight is 331 g/mol. The van der Waals surface area contributed by atoms with Crippen molar-refractivity contribution in [3.8, 4) is 5.75 Å². The van der Waals surface area contributed by atoms with Gasteiger partial charge in [0, 0.05) is 23.4 Å². The van der Waals surface area contributed by atoms with Crippen LogP contribution in [0.5, 0.6) is 5.75 Å². The number of nitrogens with one attached hydrogen (secondary N) is 1. The summed E-state index contributed by atoms with van der Waals surface area (Å²) in [6.07, 6.45) is -0.225. The van der Waals surface area contributed by atoms with Gasteiger partial charge in [0.25, 0.3) is 5.69 Å². The molecule has 0 aliphatic rings. The van der Waals surface area contributed by atoms with Gasteiger partial charge in [-0.1, -0.05) is 18.2 Å². The molecule has 0 aliphatic heterocycles. The van der Waals surface area contributed by atoms with Crippen molar-refractivity contribution in [1.29, 1.82) is 0 Å². The zero-order valence-electron chi connectivity index (χ0n) is 12.6. The van der Waals surface area contributed by atoms with Crippen molar-refractivity contribution in [1.82, 2.24) is 0 Å². The molecule has 0 saturated carbocycles. The van der Waals surface area contributed by atoms with Gasteiger partial charge in [-0.25, -0.2) is 0 Å². The van der Waals surface area contributed by atoms with Crippen molar-refractivity contribution >= 4 is 23.0 Å². The number of methoxy groups -OCH3 is 1. The van der Waals surface area contributed by atoms with E-state index in [1.165, 1.54) is 37.4 Å². The quantitative estimate of drug-likeness (QED) is 0.641. The number of nitro groups is 2. The van der Waals surface area contributed by atoms with Gasteiger partial charge < -0.3 is 10.1 Å². The fourth-order valence-corrected chi connectivity index (χ4v) is 2.13. The SMILES string of the molecule is COc1ccc(NC(=O)Cc2ccccc2[N+](=O)[O-])cc1[N+](=O)[O-]. The summed E-state index contributed by atoms with van der Waals surface area (Å²) in [4.78, 5) is 32.8. The lowest BCUT2D eigenvalue weighted by Gasteiger charge is -2.07. The molecule has 2 aromatic carbocycles. The number of nitrogens with zero attached hydrogens (tertiary/aromatic N) is 2. The summed E-state index contributed by atoms with van der Waals surface area (Å²) in [5.74, 6) is -0.458. The number of hydrogen-bond acceptors (Lipinski definition) is 6. The molecule has 0 unspecified atom stereocenters. The predicted octanol–water partition coefficient (Wildman–Crippen LogP) is 2.69. The maximum atomic E-state index is 12.1. The van der Waals surface area contributed by atoms with Crippen molar-refractivity contribution in [3.63, 3.8) is 0 Å². The molecule has 0 atom stereocenters. The van der Waals surface area contributed by atoms with E-state index in [9.17, 15) is 25.0 Å². The number of hydrogen-bond donors (Lipinski definition) is 1. The summed E-state index contributed by atoms with van der Waals surface area (Å²) >= 11 is 0. The van der Waals surface area contributed by atoms with Gasteiger partial charge in [-0.05, 0) is 12.1 Å². The van der Waals surface area contributed by atoms with Gasteiger partial charge in [0.05, 0.1) is 23.4 Å². The second-order valence-corrected chi connectivity index (χ2v) is 4.75. The standard InChI is InChI=1S/C15H13N3O6/c1-24-14-7-6-11(9-13(14)18(22)23)16-15(19)8-10-4-2-3-5-12(10)17(20)21/h2-7,9H,8H2,1H3,(H,16,19). The highest BCUT2D eigenvalue weighted by atomic mass is 16.6. The second kappa shape index (κ2) is 7.18. The number of nitro benzene ring substituents is 2. The first-order chi connectivity index (χ1) is 11.4. The smallest absolute Gasteiger partial charge is 0.312 e. The van der Waals surface area contributed by atoms with E-state index in [2.05, 4.69) is 5.32 Å². The fraction of sp³-hybridized carbons (Fsp3) is 0.133. The van der Waals surface area contributed by atoms with Crippen LogP contribution in [0.2, 0.25) is 0 Å². The first-order valence-electron chi connectivity index (χ1n) is 6.77. The van der Waals surface area contributed by atoms with Crippen LogP contribution in [0.1, 0.15) is 5.56 Å². The molecule has 9 nitrogen and oxygen atoms in total. The lowest BCUT2D eigenvalue weighted by atomic mass is 10.1. The topological polar surface area (TPSA) is 125 Å². The number of carbonyl (C=O) groups excluding carboxylic acids is 1. The third-order valence-corrected chi connectivity index (χ3v) is 3.20. The van der Waals surface area contributed by atoms with Crippen LogP contribution in [0, 0.1) is 20.2 Å². The van der Waals surface area contributed by atoms with Gasteiger partial charge in [0.2, 0.25) is 5.91 Å². The van der Waals surface area contributed by atoms with Crippen LogP contribution < -0.4 is 10.1 Å². The number of para-hydroxylation sites is 1. The summed E-state index contributed by atoms with van der Waals surface area (Å²) in [6, 6.07) is 9.85. The van der Waals surface area contributed by atoms with Crippen LogP contribution in [0.4, 0.5) is 17.1 Å². The van der Waals surface area contributed by atoms with Crippen molar-refractivity contribution in [2.24, 2.45) is 0 Å². The van der Waals surface area contributed by atoms with Crippen LogP contribution >= 0.6 is 0 Å². The third kappa shape index (κ3) is 3.83. The van der Waals surface area contributed by atoms with Crippen LogP contribution in [-0.2, 0) is 11.2 Å². The molecule has 0 fully saturated rings. The summed E-state index contributed by atoms with van der Waals surface area (Å²) in [5, 5.41) is 24.4. The van der Waals surface area contributed by atoms with E-state index in [4.69, 9.17) is 4.74 Å². The van der Waals surface area contributed by atoms with Crippen LogP contribution in [0.25, 0.3) is 0 Å². The highest BCUT2D eigenvalue weighted by Gasteiger charge is 2.18. The maximum Gasteiger partial charge on any atom is 0.312 e. The van der Waals surface area contributed by atoms with E-state index in [1.807, 2.05) is 0 Å². The second-order valence-electron chi connectivity index (χ2n) is 4.75. The Bertz CT molecular complexity index is 806. The minimum atomic E-state index is -0.628. The van der Waals surface area contributed by atoms with E-state index in [0.29, 0.717) is 0 Å². The molecule has 1 amide bonds. The molecular formula is C15H13N3O6. The molecule has 0 radical (unpaired) electrons.